The highest BCUT2D eigenvalue weighted by Gasteiger charge is 2.10. The van der Waals surface area contributed by atoms with Crippen molar-refractivity contribution in [2.45, 2.75) is 6.42 Å². The van der Waals surface area contributed by atoms with Crippen molar-refractivity contribution in [3.8, 4) is 5.88 Å². The molecular formula is C14H11N3O2S. The molecule has 6 heteroatoms. The molecule has 2 heterocycles. The molecule has 0 aliphatic carbocycles. The fourth-order valence-corrected chi connectivity index (χ4v) is 2.61. The molecule has 1 aromatic carbocycles. The van der Waals surface area contributed by atoms with Gasteiger partial charge in [-0.1, -0.05) is 24.3 Å². The van der Waals surface area contributed by atoms with Gasteiger partial charge in [-0.25, -0.2) is 0 Å². The number of aromatic nitrogens is 1. The van der Waals surface area contributed by atoms with Gasteiger partial charge in [-0.3, -0.25) is 4.79 Å². The molecular weight excluding hydrogens is 274 g/mol. The Balaban J connectivity index is 1.83. The van der Waals surface area contributed by atoms with Crippen molar-refractivity contribution in [1.29, 1.82) is 0 Å². The topological polar surface area (TPSA) is 77.8 Å². The molecule has 5 nitrogen and oxygen atoms in total. The molecule has 0 atom stereocenters. The number of hydrogen-bond donors (Lipinski definition) is 2. The standard InChI is InChI=1S/C14H11N3O2S/c18-12(8-9-4-3-7-20-9)16-17-13-10-5-1-2-6-11(10)15-14(13)19/h1-7,15,19H,8H2. The van der Waals surface area contributed by atoms with Crippen LogP contribution in [0.4, 0.5) is 5.69 Å². The van der Waals surface area contributed by atoms with Gasteiger partial charge in [0.2, 0.25) is 5.88 Å². The van der Waals surface area contributed by atoms with Gasteiger partial charge in [0.05, 0.1) is 11.9 Å². The summed E-state index contributed by atoms with van der Waals surface area (Å²) in [4.78, 5) is 15.4. The lowest BCUT2D eigenvalue weighted by atomic mass is 10.2. The number of benzene rings is 1. The molecule has 1 amide bonds. The number of azo groups is 1. The molecule has 0 aliphatic heterocycles. The maximum atomic E-state index is 11.7. The molecule has 0 spiro atoms. The largest absolute Gasteiger partial charge is 0.493 e. The minimum atomic E-state index is -0.336. The van der Waals surface area contributed by atoms with Gasteiger partial charge in [0.1, 0.15) is 0 Å². The third kappa shape index (κ3) is 2.46. The second-order valence-corrected chi connectivity index (χ2v) is 5.25. The summed E-state index contributed by atoms with van der Waals surface area (Å²) in [6.07, 6.45) is 0.226. The van der Waals surface area contributed by atoms with Crippen LogP contribution in [0.3, 0.4) is 0 Å². The smallest absolute Gasteiger partial charge is 0.269 e. The highest BCUT2D eigenvalue weighted by Crippen LogP contribution is 2.35. The first-order valence-electron chi connectivity index (χ1n) is 6.00. The minimum absolute atomic E-state index is 0.0844. The van der Waals surface area contributed by atoms with Crippen LogP contribution in [-0.2, 0) is 11.2 Å². The van der Waals surface area contributed by atoms with Crippen LogP contribution in [0.5, 0.6) is 5.88 Å². The molecule has 0 saturated carbocycles. The number of carbonyl (C=O) groups is 1. The molecule has 3 rings (SSSR count). The second kappa shape index (κ2) is 5.26. The van der Waals surface area contributed by atoms with Crippen molar-refractivity contribution in [3.63, 3.8) is 0 Å². The van der Waals surface area contributed by atoms with Crippen molar-refractivity contribution in [2.24, 2.45) is 10.2 Å². The summed E-state index contributed by atoms with van der Waals surface area (Å²) in [5.74, 6) is -0.420. The predicted molar refractivity (Wildman–Crippen MR) is 77.5 cm³/mol. The summed E-state index contributed by atoms with van der Waals surface area (Å²) < 4.78 is 0. The van der Waals surface area contributed by atoms with E-state index in [0.717, 1.165) is 15.8 Å². The van der Waals surface area contributed by atoms with E-state index in [2.05, 4.69) is 15.2 Å². The van der Waals surface area contributed by atoms with Crippen molar-refractivity contribution >= 4 is 33.8 Å². The number of nitrogens with zero attached hydrogens (tertiary/aromatic N) is 2. The Morgan fingerprint density at radius 1 is 1.25 bits per heavy atom. The molecule has 3 aromatic rings. The predicted octanol–water partition coefficient (Wildman–Crippen LogP) is 3.79. The first-order chi connectivity index (χ1) is 9.74. The Bertz CT molecular complexity index is 775. The molecule has 100 valence electrons. The van der Waals surface area contributed by atoms with Gasteiger partial charge in [-0.15, -0.1) is 21.6 Å². The summed E-state index contributed by atoms with van der Waals surface area (Å²) in [6, 6.07) is 11.1. The zero-order chi connectivity index (χ0) is 13.9. The van der Waals surface area contributed by atoms with Crippen LogP contribution in [0.2, 0.25) is 0 Å². The van der Waals surface area contributed by atoms with Crippen LogP contribution in [0, 0.1) is 0 Å². The number of aromatic hydroxyl groups is 1. The average Bonchev–Trinajstić information content (AvgIpc) is 3.03. The molecule has 2 aromatic heterocycles. The number of rotatable bonds is 3. The van der Waals surface area contributed by atoms with E-state index in [-0.39, 0.29) is 18.2 Å². The average molecular weight is 285 g/mol. The van der Waals surface area contributed by atoms with Gasteiger partial charge in [0, 0.05) is 10.3 Å². The second-order valence-electron chi connectivity index (χ2n) is 4.22. The number of hydrogen-bond acceptors (Lipinski definition) is 4. The number of carbonyl (C=O) groups excluding carboxylic acids is 1. The number of thiophene rings is 1. The van der Waals surface area contributed by atoms with Crippen molar-refractivity contribution in [1.82, 2.24) is 4.98 Å². The number of aromatic amines is 1. The van der Waals surface area contributed by atoms with E-state index < -0.39 is 0 Å². The van der Waals surface area contributed by atoms with E-state index >= 15 is 0 Å². The van der Waals surface area contributed by atoms with Gasteiger partial charge < -0.3 is 10.1 Å². The van der Waals surface area contributed by atoms with E-state index in [9.17, 15) is 9.90 Å². The minimum Gasteiger partial charge on any atom is -0.493 e. The Labute approximate surface area is 118 Å². The first kappa shape index (κ1) is 12.6. The van der Waals surface area contributed by atoms with Gasteiger partial charge in [0.15, 0.2) is 5.69 Å². The lowest BCUT2D eigenvalue weighted by molar-refractivity contribution is -0.117. The Morgan fingerprint density at radius 2 is 2.10 bits per heavy atom. The van der Waals surface area contributed by atoms with Crippen molar-refractivity contribution < 1.29 is 9.90 Å². The van der Waals surface area contributed by atoms with Gasteiger partial charge in [0.25, 0.3) is 5.91 Å². The maximum absolute atomic E-state index is 11.7. The monoisotopic (exact) mass is 285 g/mol. The van der Waals surface area contributed by atoms with Crippen molar-refractivity contribution in [3.05, 3.63) is 46.7 Å². The molecule has 0 fully saturated rings. The van der Waals surface area contributed by atoms with Gasteiger partial charge in [-0.2, -0.15) is 0 Å². The third-order valence-electron chi connectivity index (χ3n) is 2.83. The van der Waals surface area contributed by atoms with Crippen LogP contribution in [-0.4, -0.2) is 16.0 Å². The van der Waals surface area contributed by atoms with Crippen LogP contribution < -0.4 is 0 Å². The lowest BCUT2D eigenvalue weighted by Crippen LogP contribution is -1.95. The third-order valence-corrected chi connectivity index (χ3v) is 3.70. The van der Waals surface area contributed by atoms with E-state index in [1.807, 2.05) is 41.8 Å². The van der Waals surface area contributed by atoms with E-state index in [1.54, 1.807) is 0 Å². The maximum Gasteiger partial charge on any atom is 0.269 e. The fourth-order valence-electron chi connectivity index (χ4n) is 1.92. The quantitative estimate of drug-likeness (QED) is 0.718. The van der Waals surface area contributed by atoms with Crippen LogP contribution in [0.1, 0.15) is 4.88 Å². The highest BCUT2D eigenvalue weighted by atomic mass is 32.1. The Morgan fingerprint density at radius 3 is 2.90 bits per heavy atom. The van der Waals surface area contributed by atoms with Gasteiger partial charge in [-0.05, 0) is 17.5 Å². The molecule has 20 heavy (non-hydrogen) atoms. The van der Waals surface area contributed by atoms with Crippen LogP contribution >= 0.6 is 11.3 Å². The summed E-state index contributed by atoms with van der Waals surface area (Å²) in [7, 11) is 0. The molecule has 0 saturated heterocycles. The number of para-hydroxylation sites is 1. The van der Waals surface area contributed by atoms with Crippen LogP contribution in [0.25, 0.3) is 10.9 Å². The highest BCUT2D eigenvalue weighted by molar-refractivity contribution is 7.10. The van der Waals surface area contributed by atoms with E-state index in [4.69, 9.17) is 0 Å². The molecule has 0 bridgehead atoms. The zero-order valence-electron chi connectivity index (χ0n) is 10.4. The normalized spacial score (nSPS) is 11.4. The SMILES string of the molecule is O=C(Cc1cccs1)N=Nc1c(O)[nH]c2ccccc12. The molecule has 0 unspecified atom stereocenters. The van der Waals surface area contributed by atoms with Crippen LogP contribution in [0.15, 0.2) is 52.0 Å². The molecule has 0 radical (unpaired) electrons. The summed E-state index contributed by atoms with van der Waals surface area (Å²) >= 11 is 1.50. The Kier molecular flexibility index (Phi) is 3.30. The zero-order valence-corrected chi connectivity index (χ0v) is 11.2. The van der Waals surface area contributed by atoms with Gasteiger partial charge >= 0.3 is 0 Å². The molecule has 0 aliphatic rings. The summed E-state index contributed by atoms with van der Waals surface area (Å²) in [5, 5.41) is 20.0. The summed E-state index contributed by atoms with van der Waals surface area (Å²) in [6.45, 7) is 0. The Hall–Kier alpha value is -2.47. The van der Waals surface area contributed by atoms with E-state index in [0.29, 0.717) is 5.69 Å². The fraction of sp³-hybridized carbons (Fsp3) is 0.0714. The lowest BCUT2D eigenvalue weighted by Gasteiger charge is -1.92. The number of H-pyrrole nitrogens is 1. The summed E-state index contributed by atoms with van der Waals surface area (Å²) in [5.41, 5.74) is 1.05. The van der Waals surface area contributed by atoms with E-state index in [1.165, 1.54) is 11.3 Å². The first-order valence-corrected chi connectivity index (χ1v) is 6.88. The number of fused-ring (bicyclic) bond motifs is 1. The molecule has 2 N–H and O–H groups in total. The van der Waals surface area contributed by atoms with Crippen molar-refractivity contribution in [2.75, 3.05) is 0 Å². The number of amides is 1. The number of nitrogens with one attached hydrogen (secondary N) is 1.